The Balaban J connectivity index is 3.20. The van der Waals surface area contributed by atoms with Crippen LogP contribution in [-0.4, -0.2) is 0 Å². The van der Waals surface area contributed by atoms with Gasteiger partial charge in [-0.1, -0.05) is 6.58 Å². The predicted molar refractivity (Wildman–Crippen MR) is 30.3 cm³/mol. The average Bonchev–Trinajstić information content (AvgIpc) is 1.38. The lowest BCUT2D eigenvalue weighted by atomic mass is 11.3. The van der Waals surface area contributed by atoms with E-state index in [0.717, 1.165) is 0 Å². The molecule has 0 aromatic carbocycles. The van der Waals surface area contributed by atoms with Gasteiger partial charge in [-0.15, -0.1) is 0 Å². The number of rotatable bonds is 1. The molecule has 0 N–H and O–H groups in total. The lowest BCUT2D eigenvalue weighted by Crippen LogP contribution is -1.17. The van der Waals surface area contributed by atoms with E-state index in [-0.39, 0.29) is 0 Å². The summed E-state index contributed by atoms with van der Waals surface area (Å²) in [6.07, 6.45) is 0. The van der Waals surface area contributed by atoms with Crippen molar-refractivity contribution in [1.82, 2.24) is 0 Å². The first-order valence-electron chi connectivity index (χ1n) is 1.02. The van der Waals surface area contributed by atoms with E-state index in [4.69, 9.17) is 11.2 Å². The Hall–Kier alpha value is 0.550. The van der Waals surface area contributed by atoms with Gasteiger partial charge in [-0.25, -0.2) is 0 Å². The fraction of sp³-hybridized carbons (Fsp3) is 0. The van der Waals surface area contributed by atoms with E-state index in [0.29, 0.717) is 0 Å². The zero-order valence-corrected chi connectivity index (χ0v) is 4.98. The third kappa shape index (κ3) is 4.55. The summed E-state index contributed by atoms with van der Waals surface area (Å²) in [5.41, 5.74) is 0. The lowest BCUT2D eigenvalue weighted by molar-refractivity contribution is 2.66. The largest absolute Gasteiger partial charge is 0.318 e. The van der Waals surface area contributed by atoms with Crippen LogP contribution in [0.3, 0.4) is 0 Å². The normalized spacial score (nSPS) is 10.2. The highest BCUT2D eigenvalue weighted by molar-refractivity contribution is 8.18. The summed E-state index contributed by atoms with van der Waals surface area (Å²) in [6, 6.07) is -0.779. The van der Waals surface area contributed by atoms with E-state index < -0.39 is 6.05 Å². The van der Waals surface area contributed by atoms with Crippen molar-refractivity contribution in [3.63, 3.8) is 0 Å². The van der Waals surface area contributed by atoms with Crippen molar-refractivity contribution >= 4 is 29.1 Å². The fourth-order valence-corrected chi connectivity index (χ4v) is 0. The summed E-state index contributed by atoms with van der Waals surface area (Å²) in [6.45, 7) is 3.35. The Labute approximate surface area is 42.0 Å². The molecule has 1 atom stereocenters. The van der Waals surface area contributed by atoms with E-state index in [1.54, 1.807) is 5.82 Å². The van der Waals surface area contributed by atoms with Gasteiger partial charge in [-0.3, -0.25) is 0 Å². The van der Waals surface area contributed by atoms with E-state index >= 15 is 0 Å². The van der Waals surface area contributed by atoms with Crippen LogP contribution in [0.25, 0.3) is 0 Å². The minimum absolute atomic E-state index is 0.779. The van der Waals surface area contributed by atoms with Gasteiger partial charge >= 0.3 is 6.05 Å². The van der Waals surface area contributed by atoms with Crippen molar-refractivity contribution in [1.29, 1.82) is 0 Å². The average molecular weight is 126 g/mol. The van der Waals surface area contributed by atoms with Crippen molar-refractivity contribution in [2.75, 3.05) is 0 Å². The molecule has 0 amide bonds. The molecule has 0 aliphatic carbocycles. The molecular weight excluding hydrogens is 123 g/mol. The molecule has 0 fully saturated rings. The van der Waals surface area contributed by atoms with Gasteiger partial charge in [-0.2, -0.15) is 0 Å². The van der Waals surface area contributed by atoms with Gasteiger partial charge in [0.15, 0.2) is 23.0 Å². The highest BCUT2D eigenvalue weighted by Crippen LogP contribution is 2.26. The standard InChI is InChI=1S/C2H3ClPS/c1-2-4(3)5/h2H,1H2/q+1. The van der Waals surface area contributed by atoms with Crippen molar-refractivity contribution in [2.24, 2.45) is 0 Å². The summed E-state index contributed by atoms with van der Waals surface area (Å²) >= 11 is 9.72. The SMILES string of the molecule is C=C[P+](=S)Cl. The van der Waals surface area contributed by atoms with Crippen molar-refractivity contribution in [3.8, 4) is 0 Å². The highest BCUT2D eigenvalue weighted by atomic mass is 35.7. The van der Waals surface area contributed by atoms with Gasteiger partial charge in [-0.05, 0) is 0 Å². The summed E-state index contributed by atoms with van der Waals surface area (Å²) < 4.78 is 0. The molecular formula is C2H3ClPS+. The smallest absolute Gasteiger partial charge is 0.0537 e. The monoisotopic (exact) mass is 125 g/mol. The van der Waals surface area contributed by atoms with Gasteiger partial charge in [0.05, 0.1) is 0 Å². The molecule has 0 radical (unpaired) electrons. The maximum atomic E-state index is 5.22. The summed E-state index contributed by atoms with van der Waals surface area (Å²) in [5.74, 6) is 1.56. The number of halogens is 1. The first kappa shape index (κ1) is 5.55. The number of hydrogen-bond acceptors (Lipinski definition) is 1. The van der Waals surface area contributed by atoms with Gasteiger partial charge in [0.2, 0.25) is 0 Å². The van der Waals surface area contributed by atoms with Crippen LogP contribution in [0.5, 0.6) is 0 Å². The Morgan fingerprint density at radius 3 is 2.20 bits per heavy atom. The quantitative estimate of drug-likeness (QED) is 0.485. The van der Waals surface area contributed by atoms with Crippen molar-refractivity contribution < 1.29 is 0 Å². The minimum Gasteiger partial charge on any atom is -0.0537 e. The Morgan fingerprint density at radius 2 is 2.20 bits per heavy atom. The van der Waals surface area contributed by atoms with E-state index in [2.05, 4.69) is 18.4 Å². The van der Waals surface area contributed by atoms with Gasteiger partial charge < -0.3 is 0 Å². The molecule has 0 bridgehead atoms. The zero-order chi connectivity index (χ0) is 4.28. The van der Waals surface area contributed by atoms with Crippen LogP contribution in [0, 0.1) is 0 Å². The summed E-state index contributed by atoms with van der Waals surface area (Å²) in [7, 11) is 0. The summed E-state index contributed by atoms with van der Waals surface area (Å²) in [5, 5.41) is 0. The van der Waals surface area contributed by atoms with E-state index in [1.807, 2.05) is 0 Å². The molecule has 0 rings (SSSR count). The second kappa shape index (κ2) is 2.77. The van der Waals surface area contributed by atoms with Crippen molar-refractivity contribution in [2.45, 2.75) is 0 Å². The van der Waals surface area contributed by atoms with Gasteiger partial charge in [0.1, 0.15) is 5.82 Å². The molecule has 3 heteroatoms. The van der Waals surface area contributed by atoms with Crippen molar-refractivity contribution in [3.05, 3.63) is 12.4 Å². The minimum atomic E-state index is -0.779. The van der Waals surface area contributed by atoms with E-state index in [9.17, 15) is 0 Å². The van der Waals surface area contributed by atoms with E-state index in [1.165, 1.54) is 0 Å². The molecule has 0 spiro atoms. The molecule has 0 heterocycles. The van der Waals surface area contributed by atoms with Crippen LogP contribution in [0.4, 0.5) is 0 Å². The maximum absolute atomic E-state index is 5.22. The van der Waals surface area contributed by atoms with Crippen LogP contribution >= 0.6 is 17.3 Å². The van der Waals surface area contributed by atoms with Gasteiger partial charge in [0, 0.05) is 0 Å². The molecule has 0 nitrogen and oxygen atoms in total. The first-order chi connectivity index (χ1) is 2.27. The third-order valence-electron chi connectivity index (χ3n) is 0.144. The van der Waals surface area contributed by atoms with Crippen LogP contribution in [0.15, 0.2) is 12.4 Å². The zero-order valence-electron chi connectivity index (χ0n) is 2.52. The third-order valence-corrected chi connectivity index (χ3v) is 1.29. The molecule has 0 saturated carbocycles. The Bertz CT molecular complexity index is 60.7. The second-order valence-electron chi connectivity index (χ2n) is 0.455. The number of hydrogen-bond donors (Lipinski definition) is 0. The van der Waals surface area contributed by atoms with Crippen LogP contribution in [-0.2, 0) is 11.8 Å². The first-order valence-corrected chi connectivity index (χ1v) is 4.35. The van der Waals surface area contributed by atoms with Crippen LogP contribution < -0.4 is 0 Å². The highest BCUT2D eigenvalue weighted by Gasteiger charge is 1.88. The Kier molecular flexibility index (Phi) is 3.07. The molecule has 5 heavy (non-hydrogen) atoms. The van der Waals surface area contributed by atoms with Gasteiger partial charge in [0.25, 0.3) is 0 Å². The fourth-order valence-electron chi connectivity index (χ4n) is 0. The topological polar surface area (TPSA) is 0 Å². The Morgan fingerprint density at radius 1 is 2.00 bits per heavy atom. The molecule has 1 unspecified atom stereocenters. The van der Waals surface area contributed by atoms with Crippen LogP contribution in [0.1, 0.15) is 0 Å². The second-order valence-corrected chi connectivity index (χ2v) is 4.24. The lowest BCUT2D eigenvalue weighted by Gasteiger charge is -1.43. The summed E-state index contributed by atoms with van der Waals surface area (Å²) in [4.78, 5) is 0. The molecule has 0 aliphatic heterocycles. The van der Waals surface area contributed by atoms with Crippen LogP contribution in [0.2, 0.25) is 0 Å². The maximum Gasteiger partial charge on any atom is 0.318 e. The molecule has 0 aromatic rings. The molecule has 0 aromatic heterocycles. The molecule has 0 aliphatic rings. The molecule has 0 saturated heterocycles. The predicted octanol–water partition coefficient (Wildman–Crippen LogP) is 2.23. The molecule has 28 valence electrons.